The molecule has 1 amide bonds. The number of aromatic amines is 2. The van der Waals surface area contributed by atoms with Crippen LogP contribution in [0.3, 0.4) is 0 Å². The highest BCUT2D eigenvalue weighted by atomic mass is 32.2. The Labute approximate surface area is 140 Å². The molecule has 2 aromatic rings. The molecule has 0 saturated carbocycles. The number of rotatable bonds is 3. The van der Waals surface area contributed by atoms with Crippen LogP contribution >= 0.6 is 0 Å². The number of nitrogens with one attached hydrogen (secondary N) is 2. The van der Waals surface area contributed by atoms with Crippen molar-refractivity contribution in [2.75, 3.05) is 26.2 Å². The van der Waals surface area contributed by atoms with Gasteiger partial charge < -0.3 is 9.88 Å². The Bertz CT molecular complexity index is 806. The number of carbonyl (C=O) groups excluding carboxylic acids is 1. The van der Waals surface area contributed by atoms with Gasteiger partial charge in [-0.1, -0.05) is 0 Å². The number of aryl methyl sites for hydroxylation is 2. The number of sulfonamides is 1. The van der Waals surface area contributed by atoms with E-state index in [4.69, 9.17) is 0 Å². The molecule has 0 aliphatic carbocycles. The van der Waals surface area contributed by atoms with Gasteiger partial charge in [-0.05, 0) is 32.4 Å². The Balaban J connectivity index is 1.77. The van der Waals surface area contributed by atoms with Crippen molar-refractivity contribution in [1.82, 2.24) is 24.4 Å². The molecule has 1 saturated heterocycles. The summed E-state index contributed by atoms with van der Waals surface area (Å²) in [6.07, 6.45) is 2.30. The molecule has 1 aliphatic rings. The molecule has 9 heteroatoms. The topological polar surface area (TPSA) is 102 Å². The lowest BCUT2D eigenvalue weighted by molar-refractivity contribution is 0.0759. The predicted molar refractivity (Wildman–Crippen MR) is 88.1 cm³/mol. The van der Waals surface area contributed by atoms with Crippen LogP contribution < -0.4 is 0 Å². The first kappa shape index (κ1) is 16.7. The van der Waals surface area contributed by atoms with Crippen LogP contribution in [0.25, 0.3) is 0 Å². The predicted octanol–water partition coefficient (Wildman–Crippen LogP) is 0.891. The molecule has 1 aliphatic heterocycles. The van der Waals surface area contributed by atoms with Crippen molar-refractivity contribution < 1.29 is 13.2 Å². The monoisotopic (exact) mass is 351 g/mol. The molecule has 8 nitrogen and oxygen atoms in total. The molecule has 3 rings (SSSR count). The summed E-state index contributed by atoms with van der Waals surface area (Å²) in [6.45, 7) is 4.95. The maximum Gasteiger partial charge on any atom is 0.270 e. The van der Waals surface area contributed by atoms with Crippen molar-refractivity contribution in [1.29, 1.82) is 0 Å². The molecule has 2 N–H and O–H groups in total. The molecular formula is C15H21N5O3S. The summed E-state index contributed by atoms with van der Waals surface area (Å²) in [5.41, 5.74) is 1.53. The molecule has 0 atom stereocenters. The van der Waals surface area contributed by atoms with Crippen LogP contribution in [0.4, 0.5) is 0 Å². The molecule has 0 bridgehead atoms. The van der Waals surface area contributed by atoms with Gasteiger partial charge in [0.1, 0.15) is 10.6 Å². The Hall–Kier alpha value is -2.13. The van der Waals surface area contributed by atoms with Crippen LogP contribution in [0, 0.1) is 13.8 Å². The van der Waals surface area contributed by atoms with E-state index >= 15 is 0 Å². The van der Waals surface area contributed by atoms with Crippen LogP contribution in [0.5, 0.6) is 0 Å². The Kier molecular flexibility index (Phi) is 4.46. The summed E-state index contributed by atoms with van der Waals surface area (Å²) in [4.78, 5) is 17.2. The van der Waals surface area contributed by atoms with Crippen molar-refractivity contribution in [3.8, 4) is 0 Å². The lowest BCUT2D eigenvalue weighted by Crippen LogP contribution is -2.37. The number of aromatic nitrogens is 3. The van der Waals surface area contributed by atoms with E-state index < -0.39 is 10.0 Å². The molecule has 3 heterocycles. The standard InChI is InChI=1S/C15H21N5O3S/c1-11-14(12(2)18-17-11)24(22,23)20-8-4-7-19(9-10-20)15(21)13-5-3-6-16-13/h3,5-6,16H,4,7-10H2,1-2H3,(H,17,18). The second kappa shape index (κ2) is 6.40. The third-order valence-corrected chi connectivity index (χ3v) is 6.39. The zero-order valence-electron chi connectivity index (χ0n) is 13.7. The second-order valence-corrected chi connectivity index (χ2v) is 7.77. The third-order valence-electron chi connectivity index (χ3n) is 4.23. The van der Waals surface area contributed by atoms with Crippen LogP contribution in [0.2, 0.25) is 0 Å². The van der Waals surface area contributed by atoms with E-state index in [1.54, 1.807) is 37.1 Å². The summed E-state index contributed by atoms with van der Waals surface area (Å²) in [7, 11) is -3.61. The first-order valence-corrected chi connectivity index (χ1v) is 9.29. The molecule has 0 spiro atoms. The first-order chi connectivity index (χ1) is 11.4. The molecular weight excluding hydrogens is 330 g/mol. The van der Waals surface area contributed by atoms with Gasteiger partial charge in [0.05, 0.1) is 11.4 Å². The lowest BCUT2D eigenvalue weighted by atomic mass is 10.3. The van der Waals surface area contributed by atoms with Gasteiger partial charge in [0.25, 0.3) is 5.91 Å². The smallest absolute Gasteiger partial charge is 0.270 e. The van der Waals surface area contributed by atoms with Crippen molar-refractivity contribution in [3.63, 3.8) is 0 Å². The van der Waals surface area contributed by atoms with Gasteiger partial charge in [-0.15, -0.1) is 0 Å². The maximum atomic E-state index is 12.9. The number of hydrogen-bond acceptors (Lipinski definition) is 4. The van der Waals surface area contributed by atoms with Gasteiger partial charge >= 0.3 is 0 Å². The Morgan fingerprint density at radius 1 is 1.21 bits per heavy atom. The SMILES string of the molecule is Cc1n[nH]c(C)c1S(=O)(=O)N1CCCN(C(=O)c2ccc[nH]2)CC1. The van der Waals surface area contributed by atoms with E-state index in [2.05, 4.69) is 15.2 Å². The van der Waals surface area contributed by atoms with Crippen molar-refractivity contribution in [2.45, 2.75) is 25.2 Å². The molecule has 2 aromatic heterocycles. The van der Waals surface area contributed by atoms with Crippen LogP contribution in [0.1, 0.15) is 28.3 Å². The second-order valence-electron chi connectivity index (χ2n) is 5.90. The van der Waals surface area contributed by atoms with Gasteiger partial charge in [-0.25, -0.2) is 8.42 Å². The molecule has 0 unspecified atom stereocenters. The first-order valence-electron chi connectivity index (χ1n) is 7.85. The summed E-state index contributed by atoms with van der Waals surface area (Å²) < 4.78 is 27.3. The minimum atomic E-state index is -3.61. The van der Waals surface area contributed by atoms with Gasteiger partial charge in [-0.2, -0.15) is 9.40 Å². The summed E-state index contributed by atoms with van der Waals surface area (Å²) in [5, 5.41) is 6.70. The largest absolute Gasteiger partial charge is 0.357 e. The van der Waals surface area contributed by atoms with E-state index in [-0.39, 0.29) is 17.3 Å². The fourth-order valence-corrected chi connectivity index (χ4v) is 4.82. The molecule has 0 radical (unpaired) electrons. The molecule has 24 heavy (non-hydrogen) atoms. The number of nitrogens with zero attached hydrogens (tertiary/aromatic N) is 3. The maximum absolute atomic E-state index is 12.9. The van der Waals surface area contributed by atoms with Gasteiger partial charge in [0.15, 0.2) is 0 Å². The van der Waals surface area contributed by atoms with E-state index in [1.807, 2.05) is 0 Å². The summed E-state index contributed by atoms with van der Waals surface area (Å²) in [6, 6.07) is 3.49. The Morgan fingerprint density at radius 2 is 2.00 bits per heavy atom. The highest BCUT2D eigenvalue weighted by Crippen LogP contribution is 2.23. The average Bonchev–Trinajstić information content (AvgIpc) is 3.10. The fourth-order valence-electron chi connectivity index (χ4n) is 3.02. The number of H-pyrrole nitrogens is 2. The zero-order chi connectivity index (χ0) is 17.3. The van der Waals surface area contributed by atoms with Gasteiger partial charge in [0, 0.05) is 32.4 Å². The fraction of sp³-hybridized carbons (Fsp3) is 0.467. The van der Waals surface area contributed by atoms with Crippen LogP contribution in [0.15, 0.2) is 23.2 Å². The van der Waals surface area contributed by atoms with Crippen molar-refractivity contribution >= 4 is 15.9 Å². The van der Waals surface area contributed by atoms with Gasteiger partial charge in [-0.3, -0.25) is 9.89 Å². The van der Waals surface area contributed by atoms with E-state index in [0.717, 1.165) is 0 Å². The lowest BCUT2D eigenvalue weighted by Gasteiger charge is -2.21. The Morgan fingerprint density at radius 3 is 2.62 bits per heavy atom. The summed E-state index contributed by atoms with van der Waals surface area (Å²) in [5.74, 6) is -0.102. The zero-order valence-corrected chi connectivity index (χ0v) is 14.6. The van der Waals surface area contributed by atoms with E-state index in [9.17, 15) is 13.2 Å². The quantitative estimate of drug-likeness (QED) is 0.857. The van der Waals surface area contributed by atoms with Crippen molar-refractivity contribution in [3.05, 3.63) is 35.4 Å². The molecule has 0 aromatic carbocycles. The average molecular weight is 351 g/mol. The normalized spacial score (nSPS) is 17.0. The molecule has 130 valence electrons. The van der Waals surface area contributed by atoms with Crippen LogP contribution in [-0.2, 0) is 10.0 Å². The highest BCUT2D eigenvalue weighted by Gasteiger charge is 2.32. The third kappa shape index (κ3) is 2.96. The minimum Gasteiger partial charge on any atom is -0.357 e. The van der Waals surface area contributed by atoms with E-state index in [0.29, 0.717) is 43.1 Å². The number of amides is 1. The number of hydrogen-bond donors (Lipinski definition) is 2. The highest BCUT2D eigenvalue weighted by molar-refractivity contribution is 7.89. The minimum absolute atomic E-state index is 0.102. The summed E-state index contributed by atoms with van der Waals surface area (Å²) >= 11 is 0. The molecule has 1 fully saturated rings. The van der Waals surface area contributed by atoms with Crippen LogP contribution in [-0.4, -0.2) is 64.9 Å². The van der Waals surface area contributed by atoms with Crippen molar-refractivity contribution in [2.24, 2.45) is 0 Å². The number of carbonyl (C=O) groups is 1. The van der Waals surface area contributed by atoms with Gasteiger partial charge in [0.2, 0.25) is 10.0 Å². The van der Waals surface area contributed by atoms with E-state index in [1.165, 1.54) is 4.31 Å².